The molecular weight excluding hydrogens is 176 g/mol. The van der Waals surface area contributed by atoms with Gasteiger partial charge in [-0.2, -0.15) is 0 Å². The van der Waals surface area contributed by atoms with Crippen LogP contribution in [0.3, 0.4) is 0 Å². The van der Waals surface area contributed by atoms with Gasteiger partial charge in [-0.05, 0) is 6.92 Å². The fourth-order valence-corrected chi connectivity index (χ4v) is 0.143. The van der Waals surface area contributed by atoms with Gasteiger partial charge in [0.25, 0.3) is 0 Å². The summed E-state index contributed by atoms with van der Waals surface area (Å²) in [5.74, 6) is -2.26. The lowest BCUT2D eigenvalue weighted by Crippen LogP contribution is -1.91. The van der Waals surface area contributed by atoms with Crippen molar-refractivity contribution in [1.82, 2.24) is 0 Å². The summed E-state index contributed by atoms with van der Waals surface area (Å²) >= 11 is 0. The molecule has 0 aliphatic carbocycles. The number of carbonyl (C=O) groups excluding carboxylic acids is 1. The third-order valence-corrected chi connectivity index (χ3v) is 0.866. The van der Waals surface area contributed by atoms with Gasteiger partial charge < -0.3 is 15.0 Å². The van der Waals surface area contributed by atoms with Gasteiger partial charge in [0, 0.05) is 18.6 Å². The molecule has 0 aromatic heterocycles. The minimum absolute atomic E-state index is 0.255. The first-order valence-corrected chi connectivity index (χ1v) is 3.53. The Hall–Kier alpha value is -1.65. The smallest absolute Gasteiger partial charge is 0.328 e. The van der Waals surface area contributed by atoms with Gasteiger partial charge in [-0.25, -0.2) is 9.59 Å². The number of carboxylic acid groups (broad SMARTS) is 2. The number of hydrogen-bond donors (Lipinski definition) is 2. The number of carboxylic acids is 2. The Balaban J connectivity index is 0. The van der Waals surface area contributed by atoms with Gasteiger partial charge in [-0.3, -0.25) is 0 Å². The first-order valence-electron chi connectivity index (χ1n) is 3.53. The fraction of sp³-hybridized carbons (Fsp3) is 0.375. The van der Waals surface area contributed by atoms with Gasteiger partial charge in [0.05, 0.1) is 0 Å². The molecule has 74 valence electrons. The van der Waals surface area contributed by atoms with Gasteiger partial charge in [0.1, 0.15) is 5.78 Å². The highest BCUT2D eigenvalue weighted by Gasteiger charge is 1.88. The van der Waals surface area contributed by atoms with Crippen LogP contribution in [0.25, 0.3) is 0 Å². The third-order valence-electron chi connectivity index (χ3n) is 0.866. The minimum Gasteiger partial charge on any atom is -0.478 e. The van der Waals surface area contributed by atoms with Crippen LogP contribution in [0.2, 0.25) is 0 Å². The summed E-state index contributed by atoms with van der Waals surface area (Å²) in [6.07, 6.45) is 1.78. The molecule has 0 fully saturated rings. The van der Waals surface area contributed by atoms with Crippen LogP contribution < -0.4 is 0 Å². The minimum atomic E-state index is -1.26. The van der Waals surface area contributed by atoms with E-state index in [4.69, 9.17) is 10.2 Å². The van der Waals surface area contributed by atoms with E-state index in [1.807, 2.05) is 6.92 Å². The highest BCUT2D eigenvalue weighted by atomic mass is 16.4. The van der Waals surface area contributed by atoms with E-state index < -0.39 is 11.9 Å². The molecule has 0 radical (unpaired) electrons. The van der Waals surface area contributed by atoms with Crippen LogP contribution in [0.5, 0.6) is 0 Å². The molecule has 0 aromatic rings. The van der Waals surface area contributed by atoms with Crippen LogP contribution in [0, 0.1) is 0 Å². The summed E-state index contributed by atoms with van der Waals surface area (Å²) in [6.45, 7) is 3.43. The van der Waals surface area contributed by atoms with Crippen molar-refractivity contribution in [3.05, 3.63) is 12.2 Å². The monoisotopic (exact) mass is 188 g/mol. The Kier molecular flexibility index (Phi) is 9.04. The topological polar surface area (TPSA) is 91.7 Å². The molecule has 0 bridgehead atoms. The Bertz CT molecular complexity index is 201. The maximum atomic E-state index is 9.81. The molecule has 0 aliphatic heterocycles. The maximum Gasteiger partial charge on any atom is 0.328 e. The first-order chi connectivity index (χ1) is 5.90. The van der Waals surface area contributed by atoms with E-state index in [0.29, 0.717) is 18.6 Å². The number of rotatable bonds is 3. The lowest BCUT2D eigenvalue weighted by atomic mass is 10.4. The normalized spacial score (nSPS) is 8.77. The second kappa shape index (κ2) is 8.45. The molecule has 0 unspecified atom stereocenters. The summed E-state index contributed by atoms with van der Waals surface area (Å²) in [5.41, 5.74) is 0. The molecule has 2 N–H and O–H groups in total. The highest BCUT2D eigenvalue weighted by Crippen LogP contribution is 1.71. The average Bonchev–Trinajstić information content (AvgIpc) is 2.02. The van der Waals surface area contributed by atoms with Crippen molar-refractivity contribution >= 4 is 17.7 Å². The zero-order chi connectivity index (χ0) is 10.9. The van der Waals surface area contributed by atoms with Crippen molar-refractivity contribution in [3.8, 4) is 0 Å². The average molecular weight is 188 g/mol. The van der Waals surface area contributed by atoms with E-state index in [0.717, 1.165) is 0 Å². The lowest BCUT2D eigenvalue weighted by Gasteiger charge is -1.74. The SMILES string of the molecule is CCC(C)=O.O=C(O)C=CC(=O)O. The molecule has 0 aromatic carbocycles. The molecule has 0 saturated heterocycles. The molecule has 0 rings (SSSR count). The Morgan fingerprint density at radius 1 is 1.08 bits per heavy atom. The first kappa shape index (κ1) is 13.9. The molecule has 0 atom stereocenters. The Morgan fingerprint density at radius 3 is 1.38 bits per heavy atom. The van der Waals surface area contributed by atoms with E-state index in [9.17, 15) is 14.4 Å². The van der Waals surface area contributed by atoms with E-state index in [-0.39, 0.29) is 5.78 Å². The zero-order valence-corrected chi connectivity index (χ0v) is 7.48. The van der Waals surface area contributed by atoms with Crippen molar-refractivity contribution in [2.75, 3.05) is 0 Å². The van der Waals surface area contributed by atoms with Gasteiger partial charge in [0.15, 0.2) is 0 Å². The van der Waals surface area contributed by atoms with Crippen molar-refractivity contribution in [2.24, 2.45) is 0 Å². The lowest BCUT2D eigenvalue weighted by molar-refractivity contribution is -0.134. The summed E-state index contributed by atoms with van der Waals surface area (Å²) in [6, 6.07) is 0. The molecule has 0 spiro atoms. The molecule has 0 aliphatic rings. The van der Waals surface area contributed by atoms with Crippen LogP contribution in [-0.2, 0) is 14.4 Å². The number of ketones is 1. The Morgan fingerprint density at radius 2 is 1.31 bits per heavy atom. The molecule has 0 heterocycles. The van der Waals surface area contributed by atoms with Crippen LogP contribution in [-0.4, -0.2) is 27.9 Å². The second-order valence-corrected chi connectivity index (χ2v) is 2.07. The van der Waals surface area contributed by atoms with Gasteiger partial charge in [-0.1, -0.05) is 6.92 Å². The van der Waals surface area contributed by atoms with Crippen LogP contribution in [0.1, 0.15) is 20.3 Å². The number of aliphatic carboxylic acids is 2. The largest absolute Gasteiger partial charge is 0.478 e. The zero-order valence-electron chi connectivity index (χ0n) is 7.48. The van der Waals surface area contributed by atoms with Crippen molar-refractivity contribution in [1.29, 1.82) is 0 Å². The van der Waals surface area contributed by atoms with Crippen molar-refractivity contribution in [3.63, 3.8) is 0 Å². The van der Waals surface area contributed by atoms with Crippen LogP contribution >= 0.6 is 0 Å². The molecule has 0 amide bonds. The summed E-state index contributed by atoms with van der Waals surface area (Å²) < 4.78 is 0. The fourth-order valence-electron chi connectivity index (χ4n) is 0.143. The summed E-state index contributed by atoms with van der Waals surface area (Å²) in [7, 11) is 0. The third kappa shape index (κ3) is 25.2. The standard InChI is InChI=1S/C4H4O4.C4H8O/c5-3(6)1-2-4(7)8;1-3-4(2)5/h1-2H,(H,5,6)(H,7,8);3H2,1-2H3. The molecule has 5 heteroatoms. The Labute approximate surface area is 75.7 Å². The van der Waals surface area contributed by atoms with E-state index in [2.05, 4.69) is 0 Å². The van der Waals surface area contributed by atoms with E-state index in [1.165, 1.54) is 0 Å². The second-order valence-electron chi connectivity index (χ2n) is 2.07. The predicted molar refractivity (Wildman–Crippen MR) is 45.4 cm³/mol. The number of carbonyl (C=O) groups is 3. The molecule has 13 heavy (non-hydrogen) atoms. The van der Waals surface area contributed by atoms with E-state index in [1.54, 1.807) is 6.92 Å². The summed E-state index contributed by atoms with van der Waals surface area (Å²) in [4.78, 5) is 28.9. The molecule has 5 nitrogen and oxygen atoms in total. The molecular formula is C8H12O5. The van der Waals surface area contributed by atoms with E-state index >= 15 is 0 Å². The number of Topliss-reactive ketones (excluding diaryl/α,β-unsaturated/α-hetero) is 1. The molecule has 0 saturated carbocycles. The maximum absolute atomic E-state index is 9.81. The van der Waals surface area contributed by atoms with Crippen molar-refractivity contribution < 1.29 is 24.6 Å². The number of hydrogen-bond acceptors (Lipinski definition) is 3. The highest BCUT2D eigenvalue weighted by molar-refractivity contribution is 5.89. The van der Waals surface area contributed by atoms with Gasteiger partial charge in [0.2, 0.25) is 0 Å². The predicted octanol–water partition coefficient (Wildman–Crippen LogP) is 0.697. The van der Waals surface area contributed by atoms with Gasteiger partial charge in [-0.15, -0.1) is 0 Å². The van der Waals surface area contributed by atoms with Crippen molar-refractivity contribution in [2.45, 2.75) is 20.3 Å². The van der Waals surface area contributed by atoms with Gasteiger partial charge >= 0.3 is 11.9 Å². The summed E-state index contributed by atoms with van der Waals surface area (Å²) in [5, 5.41) is 15.6. The van der Waals surface area contributed by atoms with Crippen LogP contribution in [0.15, 0.2) is 12.2 Å². The quantitative estimate of drug-likeness (QED) is 0.636. The van der Waals surface area contributed by atoms with Crippen LogP contribution in [0.4, 0.5) is 0 Å².